The van der Waals surface area contributed by atoms with E-state index >= 15 is 0 Å². The molecule has 7 heteroatoms. The van der Waals surface area contributed by atoms with Gasteiger partial charge in [-0.2, -0.15) is 0 Å². The predicted molar refractivity (Wildman–Crippen MR) is 77.8 cm³/mol. The van der Waals surface area contributed by atoms with Crippen LogP contribution in [-0.4, -0.2) is 24.9 Å². The smallest absolute Gasteiger partial charge is 0.240 e. The van der Waals surface area contributed by atoms with Gasteiger partial charge in [0.05, 0.1) is 11.2 Å². The molecule has 0 saturated heterocycles. The van der Waals surface area contributed by atoms with Gasteiger partial charge in [0, 0.05) is 30.5 Å². The summed E-state index contributed by atoms with van der Waals surface area (Å²) in [7, 11) is -3.54. The summed E-state index contributed by atoms with van der Waals surface area (Å²) >= 11 is 0. The molecule has 1 aromatic carbocycles. The quantitative estimate of drug-likeness (QED) is 0.719. The van der Waals surface area contributed by atoms with Gasteiger partial charge in [0.2, 0.25) is 10.0 Å². The molecule has 4 N–H and O–H groups in total. The Morgan fingerprint density at radius 2 is 2.10 bits per heavy atom. The molecular weight excluding hydrogens is 276 g/mol. The molecule has 0 radical (unpaired) electrons. The lowest BCUT2D eigenvalue weighted by Crippen LogP contribution is -2.26. The van der Waals surface area contributed by atoms with Crippen LogP contribution in [0.5, 0.6) is 0 Å². The van der Waals surface area contributed by atoms with Gasteiger partial charge in [0.1, 0.15) is 0 Å². The van der Waals surface area contributed by atoms with E-state index < -0.39 is 10.0 Å². The number of hydrogen-bond donors (Lipinski definition) is 3. The van der Waals surface area contributed by atoms with Crippen molar-refractivity contribution in [3.8, 4) is 0 Å². The van der Waals surface area contributed by atoms with Crippen LogP contribution in [0.15, 0.2) is 29.6 Å². The third-order valence-electron chi connectivity index (χ3n) is 3.23. The summed E-state index contributed by atoms with van der Waals surface area (Å²) in [5, 5.41) is 0. The molecular formula is C13H18N4O2S. The number of H-pyrrole nitrogens is 1. The summed E-state index contributed by atoms with van der Waals surface area (Å²) in [5.41, 5.74) is 8.95. The van der Waals surface area contributed by atoms with Gasteiger partial charge in [-0.05, 0) is 37.1 Å². The van der Waals surface area contributed by atoms with Crippen molar-refractivity contribution in [2.45, 2.75) is 25.2 Å². The molecule has 108 valence electrons. The molecule has 1 heterocycles. The van der Waals surface area contributed by atoms with Gasteiger partial charge in [0.25, 0.3) is 0 Å². The van der Waals surface area contributed by atoms with E-state index in [4.69, 9.17) is 5.73 Å². The van der Waals surface area contributed by atoms with E-state index in [-0.39, 0.29) is 4.90 Å². The maximum absolute atomic E-state index is 12.2. The third kappa shape index (κ3) is 3.17. The monoisotopic (exact) mass is 294 g/mol. The first kappa shape index (κ1) is 14.5. The number of nitrogens with two attached hydrogens (primary N) is 1. The standard InChI is InChI=1S/C13H18N4O2S/c1-9-5-12(6-13(14)10(9)2)20(18,19)17-4-3-11-7-15-8-16-11/h5-8,17H,3-4,14H2,1-2H3,(H,15,16). The largest absolute Gasteiger partial charge is 0.398 e. The minimum absolute atomic E-state index is 0.197. The van der Waals surface area contributed by atoms with Crippen molar-refractivity contribution in [2.24, 2.45) is 0 Å². The molecule has 0 amide bonds. The Balaban J connectivity index is 2.10. The second-order valence-electron chi connectivity index (χ2n) is 4.68. The van der Waals surface area contributed by atoms with E-state index in [1.807, 2.05) is 13.8 Å². The Morgan fingerprint density at radius 1 is 1.35 bits per heavy atom. The number of nitrogens with one attached hydrogen (secondary N) is 2. The van der Waals surface area contributed by atoms with Crippen LogP contribution in [0.2, 0.25) is 0 Å². The molecule has 20 heavy (non-hydrogen) atoms. The van der Waals surface area contributed by atoms with Crippen LogP contribution < -0.4 is 10.5 Å². The zero-order chi connectivity index (χ0) is 14.8. The van der Waals surface area contributed by atoms with Gasteiger partial charge in [0.15, 0.2) is 0 Å². The maximum atomic E-state index is 12.2. The van der Waals surface area contributed by atoms with Gasteiger partial charge >= 0.3 is 0 Å². The number of anilines is 1. The molecule has 0 atom stereocenters. The normalized spacial score (nSPS) is 11.7. The fourth-order valence-electron chi connectivity index (χ4n) is 1.83. The molecule has 0 saturated carbocycles. The number of sulfonamides is 1. The van der Waals surface area contributed by atoms with Crippen LogP contribution in [0.3, 0.4) is 0 Å². The van der Waals surface area contributed by atoms with Crippen molar-refractivity contribution in [2.75, 3.05) is 12.3 Å². The molecule has 0 bridgehead atoms. The van der Waals surface area contributed by atoms with Crippen molar-refractivity contribution in [3.05, 3.63) is 41.5 Å². The van der Waals surface area contributed by atoms with Crippen molar-refractivity contribution in [1.82, 2.24) is 14.7 Å². The molecule has 0 spiro atoms. The zero-order valence-electron chi connectivity index (χ0n) is 11.5. The molecule has 0 fully saturated rings. The summed E-state index contributed by atoms with van der Waals surface area (Å²) < 4.78 is 26.9. The van der Waals surface area contributed by atoms with E-state index in [2.05, 4.69) is 14.7 Å². The van der Waals surface area contributed by atoms with Crippen LogP contribution in [0.25, 0.3) is 0 Å². The highest BCUT2D eigenvalue weighted by molar-refractivity contribution is 7.89. The molecule has 2 aromatic rings. The summed E-state index contributed by atoms with van der Waals surface area (Å²) in [6.07, 6.45) is 3.79. The number of nitrogen functional groups attached to an aromatic ring is 1. The number of aromatic nitrogens is 2. The van der Waals surface area contributed by atoms with Crippen LogP contribution in [0, 0.1) is 13.8 Å². The van der Waals surface area contributed by atoms with Crippen LogP contribution >= 0.6 is 0 Å². The molecule has 0 aliphatic heterocycles. The predicted octanol–water partition coefficient (Wildman–Crippen LogP) is 1.13. The topological polar surface area (TPSA) is 101 Å². The Bertz CT molecular complexity index is 670. The number of aryl methyl sites for hydroxylation is 1. The second kappa shape index (κ2) is 5.64. The lowest BCUT2D eigenvalue weighted by atomic mass is 10.1. The number of nitrogens with zero attached hydrogens (tertiary/aromatic N) is 1. The Kier molecular flexibility index (Phi) is 4.10. The van der Waals surface area contributed by atoms with Gasteiger partial charge < -0.3 is 10.7 Å². The molecule has 1 aromatic heterocycles. The number of aromatic amines is 1. The van der Waals surface area contributed by atoms with E-state index in [0.29, 0.717) is 18.7 Å². The highest BCUT2D eigenvalue weighted by Crippen LogP contribution is 2.21. The number of hydrogen-bond acceptors (Lipinski definition) is 4. The molecule has 0 aliphatic rings. The highest BCUT2D eigenvalue weighted by Gasteiger charge is 2.15. The van der Waals surface area contributed by atoms with E-state index in [9.17, 15) is 8.42 Å². The molecule has 6 nitrogen and oxygen atoms in total. The summed E-state index contributed by atoms with van der Waals surface area (Å²) in [6.45, 7) is 4.01. The SMILES string of the molecule is Cc1cc(S(=O)(=O)NCCc2cnc[nH]2)cc(N)c1C. The summed E-state index contributed by atoms with van der Waals surface area (Å²) in [6, 6.07) is 3.12. The van der Waals surface area contributed by atoms with Crippen molar-refractivity contribution in [3.63, 3.8) is 0 Å². The lowest BCUT2D eigenvalue weighted by Gasteiger charge is -2.10. The number of imidazole rings is 1. The van der Waals surface area contributed by atoms with Gasteiger partial charge in [-0.1, -0.05) is 0 Å². The van der Waals surface area contributed by atoms with Gasteiger partial charge in [-0.15, -0.1) is 0 Å². The van der Waals surface area contributed by atoms with Gasteiger partial charge in [-0.3, -0.25) is 0 Å². The van der Waals surface area contributed by atoms with Crippen LogP contribution in [0.4, 0.5) is 5.69 Å². The van der Waals surface area contributed by atoms with E-state index in [0.717, 1.165) is 16.8 Å². The average Bonchev–Trinajstić information content (AvgIpc) is 2.88. The van der Waals surface area contributed by atoms with Crippen LogP contribution in [-0.2, 0) is 16.4 Å². The first-order valence-electron chi connectivity index (χ1n) is 6.24. The molecule has 2 rings (SSSR count). The molecule has 0 aliphatic carbocycles. The second-order valence-corrected chi connectivity index (χ2v) is 6.45. The maximum Gasteiger partial charge on any atom is 0.240 e. The Morgan fingerprint density at radius 3 is 2.70 bits per heavy atom. The average molecular weight is 294 g/mol. The molecule has 0 unspecified atom stereocenters. The fraction of sp³-hybridized carbons (Fsp3) is 0.308. The Labute approximate surface area is 118 Å². The number of benzene rings is 1. The van der Waals surface area contributed by atoms with Crippen molar-refractivity contribution >= 4 is 15.7 Å². The van der Waals surface area contributed by atoms with Gasteiger partial charge in [-0.25, -0.2) is 18.1 Å². The number of rotatable bonds is 5. The first-order valence-corrected chi connectivity index (χ1v) is 7.72. The summed E-state index contributed by atoms with van der Waals surface area (Å²) in [4.78, 5) is 7.00. The zero-order valence-corrected chi connectivity index (χ0v) is 12.3. The summed E-state index contributed by atoms with van der Waals surface area (Å²) in [5.74, 6) is 0. The minimum Gasteiger partial charge on any atom is -0.398 e. The van der Waals surface area contributed by atoms with E-state index in [1.165, 1.54) is 6.07 Å². The minimum atomic E-state index is -3.54. The fourth-order valence-corrected chi connectivity index (χ4v) is 2.98. The lowest BCUT2D eigenvalue weighted by molar-refractivity contribution is 0.581. The van der Waals surface area contributed by atoms with Crippen LogP contribution in [0.1, 0.15) is 16.8 Å². The Hall–Kier alpha value is -1.86. The van der Waals surface area contributed by atoms with E-state index in [1.54, 1.807) is 18.6 Å². The third-order valence-corrected chi connectivity index (χ3v) is 4.67. The highest BCUT2D eigenvalue weighted by atomic mass is 32.2. The van der Waals surface area contributed by atoms with Crippen molar-refractivity contribution < 1.29 is 8.42 Å². The van der Waals surface area contributed by atoms with Crippen molar-refractivity contribution in [1.29, 1.82) is 0 Å². The first-order chi connectivity index (χ1) is 9.40.